The van der Waals surface area contributed by atoms with E-state index in [0.717, 1.165) is 19.5 Å². The van der Waals surface area contributed by atoms with Gasteiger partial charge >= 0.3 is 0 Å². The monoisotopic (exact) mass is 276 g/mol. The molecule has 1 fully saturated rings. The fraction of sp³-hybridized carbons (Fsp3) is 0.647. The Kier molecular flexibility index (Phi) is 5.19. The van der Waals surface area contributed by atoms with Crippen LogP contribution in [0.15, 0.2) is 24.3 Å². The standard InChI is InChI=1S/C17H28N2O/c1-5-16(18)17(15-8-6-7-12(2)9-15)19-10-13(3)20-14(4)11-19/h6-9,13-14,16-17H,5,10-11,18H2,1-4H3/t13-,14+,16?,17?. The third-order valence-electron chi connectivity index (χ3n) is 4.10. The highest BCUT2D eigenvalue weighted by Gasteiger charge is 2.31. The predicted molar refractivity (Wildman–Crippen MR) is 83.8 cm³/mol. The number of ether oxygens (including phenoxy) is 1. The van der Waals surface area contributed by atoms with E-state index in [-0.39, 0.29) is 24.3 Å². The molecular formula is C17H28N2O. The molecule has 112 valence electrons. The molecule has 2 unspecified atom stereocenters. The van der Waals surface area contributed by atoms with E-state index in [2.05, 4.69) is 56.9 Å². The summed E-state index contributed by atoms with van der Waals surface area (Å²) >= 11 is 0. The lowest BCUT2D eigenvalue weighted by atomic mass is 9.94. The molecule has 0 amide bonds. The summed E-state index contributed by atoms with van der Waals surface area (Å²) in [6.07, 6.45) is 1.53. The number of nitrogens with zero attached hydrogens (tertiary/aromatic N) is 1. The van der Waals surface area contributed by atoms with Crippen molar-refractivity contribution in [2.24, 2.45) is 5.73 Å². The Morgan fingerprint density at radius 3 is 2.50 bits per heavy atom. The third-order valence-corrected chi connectivity index (χ3v) is 4.10. The van der Waals surface area contributed by atoms with Gasteiger partial charge in [-0.2, -0.15) is 0 Å². The topological polar surface area (TPSA) is 38.5 Å². The molecule has 0 radical (unpaired) electrons. The molecule has 0 spiro atoms. The van der Waals surface area contributed by atoms with E-state index in [1.165, 1.54) is 11.1 Å². The van der Waals surface area contributed by atoms with Gasteiger partial charge in [-0.1, -0.05) is 36.8 Å². The first kappa shape index (κ1) is 15.5. The summed E-state index contributed by atoms with van der Waals surface area (Å²) in [5, 5.41) is 0. The van der Waals surface area contributed by atoms with Crippen molar-refractivity contribution >= 4 is 0 Å². The Labute approximate surface area is 123 Å². The highest BCUT2D eigenvalue weighted by atomic mass is 16.5. The van der Waals surface area contributed by atoms with Gasteiger partial charge in [0.2, 0.25) is 0 Å². The Hall–Kier alpha value is -0.900. The van der Waals surface area contributed by atoms with Gasteiger partial charge in [-0.3, -0.25) is 4.90 Å². The van der Waals surface area contributed by atoms with E-state index in [9.17, 15) is 0 Å². The van der Waals surface area contributed by atoms with Crippen LogP contribution in [-0.4, -0.2) is 36.2 Å². The van der Waals surface area contributed by atoms with Crippen molar-refractivity contribution in [3.8, 4) is 0 Å². The SMILES string of the molecule is CCC(N)C(c1cccc(C)c1)N1C[C@@H](C)O[C@@H](C)C1. The fourth-order valence-corrected chi connectivity index (χ4v) is 3.25. The Balaban J connectivity index is 2.27. The van der Waals surface area contributed by atoms with Crippen LogP contribution >= 0.6 is 0 Å². The molecule has 1 aromatic rings. The van der Waals surface area contributed by atoms with Crippen molar-refractivity contribution in [1.29, 1.82) is 0 Å². The Morgan fingerprint density at radius 1 is 1.30 bits per heavy atom. The van der Waals surface area contributed by atoms with Gasteiger partial charge in [0.05, 0.1) is 18.2 Å². The quantitative estimate of drug-likeness (QED) is 0.919. The Bertz CT molecular complexity index is 425. The number of benzene rings is 1. The molecule has 0 aliphatic carbocycles. The number of aryl methyl sites for hydroxylation is 1. The van der Waals surface area contributed by atoms with Crippen LogP contribution in [0, 0.1) is 6.92 Å². The fourth-order valence-electron chi connectivity index (χ4n) is 3.25. The number of hydrogen-bond acceptors (Lipinski definition) is 3. The highest BCUT2D eigenvalue weighted by Crippen LogP contribution is 2.28. The molecule has 0 bridgehead atoms. The van der Waals surface area contributed by atoms with Crippen molar-refractivity contribution in [1.82, 2.24) is 4.90 Å². The molecule has 3 nitrogen and oxygen atoms in total. The lowest BCUT2D eigenvalue weighted by Gasteiger charge is -2.42. The summed E-state index contributed by atoms with van der Waals surface area (Å²) in [7, 11) is 0. The van der Waals surface area contributed by atoms with Crippen molar-refractivity contribution in [3.05, 3.63) is 35.4 Å². The summed E-state index contributed by atoms with van der Waals surface area (Å²) in [5.41, 5.74) is 9.07. The normalized spacial score (nSPS) is 27.2. The predicted octanol–water partition coefficient (Wildman–Crippen LogP) is 2.88. The molecule has 1 aliphatic rings. The molecule has 1 aliphatic heterocycles. The first-order valence-electron chi connectivity index (χ1n) is 7.73. The summed E-state index contributed by atoms with van der Waals surface area (Å²) in [4.78, 5) is 2.50. The van der Waals surface area contributed by atoms with Gasteiger partial charge in [-0.15, -0.1) is 0 Å². The maximum absolute atomic E-state index is 6.44. The van der Waals surface area contributed by atoms with E-state index in [1.54, 1.807) is 0 Å². The van der Waals surface area contributed by atoms with Crippen LogP contribution in [0.25, 0.3) is 0 Å². The molecule has 2 N–H and O–H groups in total. The zero-order chi connectivity index (χ0) is 14.7. The maximum atomic E-state index is 6.44. The van der Waals surface area contributed by atoms with Gasteiger partial charge in [-0.05, 0) is 32.8 Å². The summed E-state index contributed by atoms with van der Waals surface area (Å²) in [6, 6.07) is 9.20. The minimum atomic E-state index is 0.161. The first-order chi connectivity index (χ1) is 9.51. The number of nitrogens with two attached hydrogens (primary N) is 1. The van der Waals surface area contributed by atoms with Crippen LogP contribution in [0.4, 0.5) is 0 Å². The van der Waals surface area contributed by atoms with Gasteiger partial charge < -0.3 is 10.5 Å². The van der Waals surface area contributed by atoms with Gasteiger partial charge in [-0.25, -0.2) is 0 Å². The van der Waals surface area contributed by atoms with E-state index >= 15 is 0 Å². The average Bonchev–Trinajstić information content (AvgIpc) is 2.37. The molecule has 2 rings (SSSR count). The number of hydrogen-bond donors (Lipinski definition) is 1. The first-order valence-corrected chi connectivity index (χ1v) is 7.73. The van der Waals surface area contributed by atoms with Crippen molar-refractivity contribution in [3.63, 3.8) is 0 Å². The minimum absolute atomic E-state index is 0.161. The maximum Gasteiger partial charge on any atom is 0.0678 e. The number of rotatable bonds is 4. The smallest absolute Gasteiger partial charge is 0.0678 e. The second-order valence-electron chi connectivity index (χ2n) is 6.14. The molecule has 20 heavy (non-hydrogen) atoms. The summed E-state index contributed by atoms with van der Waals surface area (Å²) in [6.45, 7) is 10.5. The minimum Gasteiger partial charge on any atom is -0.373 e. The second-order valence-corrected chi connectivity index (χ2v) is 6.14. The summed E-state index contributed by atoms with van der Waals surface area (Å²) in [5.74, 6) is 0. The van der Waals surface area contributed by atoms with E-state index in [0.29, 0.717) is 0 Å². The van der Waals surface area contributed by atoms with Gasteiger partial charge in [0.25, 0.3) is 0 Å². The van der Waals surface area contributed by atoms with E-state index in [1.807, 2.05) is 0 Å². The molecular weight excluding hydrogens is 248 g/mol. The lowest BCUT2D eigenvalue weighted by Crippen LogP contribution is -2.51. The van der Waals surface area contributed by atoms with Gasteiger partial charge in [0.1, 0.15) is 0 Å². The lowest BCUT2D eigenvalue weighted by molar-refractivity contribution is -0.0838. The highest BCUT2D eigenvalue weighted by molar-refractivity contribution is 5.26. The van der Waals surface area contributed by atoms with Gasteiger partial charge in [0, 0.05) is 19.1 Å². The molecule has 0 aromatic heterocycles. The van der Waals surface area contributed by atoms with Crippen molar-refractivity contribution < 1.29 is 4.74 Å². The largest absolute Gasteiger partial charge is 0.373 e. The zero-order valence-corrected chi connectivity index (χ0v) is 13.2. The van der Waals surface area contributed by atoms with Crippen molar-refractivity contribution in [2.75, 3.05) is 13.1 Å². The molecule has 3 heteroatoms. The molecule has 1 heterocycles. The van der Waals surface area contributed by atoms with Crippen LogP contribution in [-0.2, 0) is 4.74 Å². The molecule has 1 aromatic carbocycles. The zero-order valence-electron chi connectivity index (χ0n) is 13.2. The van der Waals surface area contributed by atoms with Crippen molar-refractivity contribution in [2.45, 2.75) is 58.4 Å². The molecule has 0 saturated carbocycles. The summed E-state index contributed by atoms with van der Waals surface area (Å²) < 4.78 is 5.86. The van der Waals surface area contributed by atoms with E-state index < -0.39 is 0 Å². The average molecular weight is 276 g/mol. The van der Waals surface area contributed by atoms with Gasteiger partial charge in [0.15, 0.2) is 0 Å². The van der Waals surface area contributed by atoms with Crippen LogP contribution in [0.2, 0.25) is 0 Å². The number of morpholine rings is 1. The van der Waals surface area contributed by atoms with Crippen LogP contribution in [0.3, 0.4) is 0 Å². The third kappa shape index (κ3) is 3.60. The second kappa shape index (κ2) is 6.70. The van der Waals surface area contributed by atoms with Crippen LogP contribution < -0.4 is 5.73 Å². The van der Waals surface area contributed by atoms with Crippen LogP contribution in [0.1, 0.15) is 44.4 Å². The Morgan fingerprint density at radius 2 is 1.95 bits per heavy atom. The van der Waals surface area contributed by atoms with Crippen LogP contribution in [0.5, 0.6) is 0 Å². The van der Waals surface area contributed by atoms with E-state index in [4.69, 9.17) is 10.5 Å². The molecule has 4 atom stereocenters. The molecule has 1 saturated heterocycles.